The van der Waals surface area contributed by atoms with E-state index in [2.05, 4.69) is 39.1 Å². The molecule has 2 heterocycles. The molecular weight excluding hydrogens is 190 g/mol. The Morgan fingerprint density at radius 2 is 2.20 bits per heavy atom. The van der Waals surface area contributed by atoms with Gasteiger partial charge in [0.25, 0.3) is 0 Å². The molecular formula is C10H15N5. The molecule has 2 N–H and O–H groups in total. The highest BCUT2D eigenvalue weighted by atomic mass is 15.1. The summed E-state index contributed by atoms with van der Waals surface area (Å²) in [7, 11) is 0. The van der Waals surface area contributed by atoms with Gasteiger partial charge in [-0.2, -0.15) is 4.98 Å². The number of imidazole rings is 1. The molecule has 0 saturated carbocycles. The number of nitrogens with zero attached hydrogens (tertiary/aromatic N) is 3. The van der Waals surface area contributed by atoms with Crippen molar-refractivity contribution in [1.82, 2.24) is 19.9 Å². The first-order chi connectivity index (χ1) is 7.20. The fourth-order valence-electron chi connectivity index (χ4n) is 1.34. The lowest BCUT2D eigenvalue weighted by Gasteiger charge is -1.98. The first kappa shape index (κ1) is 9.89. The minimum atomic E-state index is 0.377. The summed E-state index contributed by atoms with van der Waals surface area (Å²) in [5, 5.41) is 3.06. The number of fused-ring (bicyclic) bond motifs is 1. The third-order valence-corrected chi connectivity index (χ3v) is 2.14. The molecule has 15 heavy (non-hydrogen) atoms. The highest BCUT2D eigenvalue weighted by Crippen LogP contribution is 2.15. The van der Waals surface area contributed by atoms with E-state index in [4.69, 9.17) is 0 Å². The minimum Gasteiger partial charge on any atom is -0.354 e. The highest BCUT2D eigenvalue weighted by Gasteiger charge is 2.08. The van der Waals surface area contributed by atoms with Gasteiger partial charge in [0.2, 0.25) is 5.95 Å². The summed E-state index contributed by atoms with van der Waals surface area (Å²) in [6.07, 6.45) is 1.76. The van der Waals surface area contributed by atoms with E-state index < -0.39 is 0 Å². The van der Waals surface area contributed by atoms with Gasteiger partial charge < -0.3 is 10.3 Å². The lowest BCUT2D eigenvalue weighted by Crippen LogP contribution is -2.01. The maximum absolute atomic E-state index is 4.41. The summed E-state index contributed by atoms with van der Waals surface area (Å²) in [4.78, 5) is 16.1. The van der Waals surface area contributed by atoms with Crippen molar-refractivity contribution in [3.63, 3.8) is 0 Å². The molecule has 0 saturated heterocycles. The normalized spacial score (nSPS) is 11.2. The number of H-pyrrole nitrogens is 1. The van der Waals surface area contributed by atoms with E-state index in [-0.39, 0.29) is 0 Å². The minimum absolute atomic E-state index is 0.377. The molecule has 0 unspecified atom stereocenters. The molecule has 2 aromatic heterocycles. The molecule has 0 aromatic carbocycles. The van der Waals surface area contributed by atoms with Gasteiger partial charge in [-0.05, 0) is 6.92 Å². The van der Waals surface area contributed by atoms with Crippen LogP contribution >= 0.6 is 0 Å². The van der Waals surface area contributed by atoms with Gasteiger partial charge in [-0.15, -0.1) is 0 Å². The maximum Gasteiger partial charge on any atom is 0.224 e. The van der Waals surface area contributed by atoms with E-state index in [9.17, 15) is 0 Å². The summed E-state index contributed by atoms with van der Waals surface area (Å²) in [5.74, 6) is 1.96. The number of hydrogen-bond acceptors (Lipinski definition) is 4. The molecule has 2 aromatic rings. The van der Waals surface area contributed by atoms with Crippen molar-refractivity contribution in [2.75, 3.05) is 11.9 Å². The molecule has 5 nitrogen and oxygen atoms in total. The molecule has 0 atom stereocenters. The fourth-order valence-corrected chi connectivity index (χ4v) is 1.34. The summed E-state index contributed by atoms with van der Waals surface area (Å²) < 4.78 is 0. The van der Waals surface area contributed by atoms with E-state index in [0.717, 1.165) is 23.5 Å². The topological polar surface area (TPSA) is 66.5 Å². The van der Waals surface area contributed by atoms with E-state index in [0.29, 0.717) is 11.9 Å². The van der Waals surface area contributed by atoms with E-state index >= 15 is 0 Å². The Labute approximate surface area is 88.4 Å². The number of rotatable bonds is 3. The van der Waals surface area contributed by atoms with Crippen LogP contribution in [0.1, 0.15) is 32.5 Å². The molecule has 0 aliphatic heterocycles. The van der Waals surface area contributed by atoms with Gasteiger partial charge in [0, 0.05) is 12.5 Å². The van der Waals surface area contributed by atoms with Crippen LogP contribution in [0.25, 0.3) is 11.2 Å². The van der Waals surface area contributed by atoms with Crippen molar-refractivity contribution in [3.05, 3.63) is 12.0 Å². The van der Waals surface area contributed by atoms with Crippen LogP contribution in [0, 0.1) is 0 Å². The number of nitrogens with one attached hydrogen (secondary N) is 2. The second kappa shape index (κ2) is 3.84. The Morgan fingerprint density at radius 1 is 1.40 bits per heavy atom. The first-order valence-electron chi connectivity index (χ1n) is 5.17. The zero-order valence-corrected chi connectivity index (χ0v) is 9.20. The number of aromatic nitrogens is 4. The fraction of sp³-hybridized carbons (Fsp3) is 0.500. The van der Waals surface area contributed by atoms with Crippen molar-refractivity contribution in [2.45, 2.75) is 26.7 Å². The van der Waals surface area contributed by atoms with Crippen LogP contribution in [0.5, 0.6) is 0 Å². The molecule has 0 aliphatic rings. The van der Waals surface area contributed by atoms with Gasteiger partial charge in [0.1, 0.15) is 11.3 Å². The number of anilines is 1. The van der Waals surface area contributed by atoms with Crippen LogP contribution in [0.2, 0.25) is 0 Å². The molecule has 0 amide bonds. The van der Waals surface area contributed by atoms with E-state index in [1.165, 1.54) is 0 Å². The average molecular weight is 205 g/mol. The predicted molar refractivity (Wildman–Crippen MR) is 59.9 cm³/mol. The van der Waals surface area contributed by atoms with Crippen LogP contribution in [-0.4, -0.2) is 26.5 Å². The molecule has 0 aliphatic carbocycles. The van der Waals surface area contributed by atoms with Crippen molar-refractivity contribution in [3.8, 4) is 0 Å². The Morgan fingerprint density at radius 3 is 2.87 bits per heavy atom. The average Bonchev–Trinajstić information content (AvgIpc) is 2.61. The Kier molecular flexibility index (Phi) is 2.53. The predicted octanol–water partition coefficient (Wildman–Crippen LogP) is 1.91. The molecule has 0 radical (unpaired) electrons. The molecule has 0 spiro atoms. The van der Waals surface area contributed by atoms with E-state index in [1.807, 2.05) is 6.92 Å². The van der Waals surface area contributed by atoms with Crippen molar-refractivity contribution < 1.29 is 0 Å². The largest absolute Gasteiger partial charge is 0.354 e. The van der Waals surface area contributed by atoms with Crippen LogP contribution in [-0.2, 0) is 0 Å². The van der Waals surface area contributed by atoms with E-state index in [1.54, 1.807) is 6.20 Å². The lowest BCUT2D eigenvalue weighted by molar-refractivity contribution is 0.798. The van der Waals surface area contributed by atoms with Crippen LogP contribution in [0.4, 0.5) is 5.95 Å². The molecule has 5 heteroatoms. The third kappa shape index (κ3) is 1.91. The quantitative estimate of drug-likeness (QED) is 0.803. The zero-order valence-electron chi connectivity index (χ0n) is 9.20. The summed E-state index contributed by atoms with van der Waals surface area (Å²) in [6, 6.07) is 0. The van der Waals surface area contributed by atoms with Crippen molar-refractivity contribution in [2.24, 2.45) is 0 Å². The van der Waals surface area contributed by atoms with Gasteiger partial charge in [-0.25, -0.2) is 9.97 Å². The zero-order chi connectivity index (χ0) is 10.8. The Hall–Kier alpha value is -1.65. The molecule has 2 rings (SSSR count). The summed E-state index contributed by atoms with van der Waals surface area (Å²) >= 11 is 0. The van der Waals surface area contributed by atoms with Crippen molar-refractivity contribution in [1.29, 1.82) is 0 Å². The second-order valence-electron chi connectivity index (χ2n) is 3.74. The first-order valence-corrected chi connectivity index (χ1v) is 5.17. The molecule has 0 fully saturated rings. The van der Waals surface area contributed by atoms with Crippen LogP contribution < -0.4 is 5.32 Å². The molecule has 0 bridgehead atoms. The second-order valence-corrected chi connectivity index (χ2v) is 3.74. The highest BCUT2D eigenvalue weighted by molar-refractivity contribution is 5.70. The van der Waals surface area contributed by atoms with Gasteiger partial charge in [0.05, 0.1) is 6.20 Å². The smallest absolute Gasteiger partial charge is 0.224 e. The summed E-state index contributed by atoms with van der Waals surface area (Å²) in [6.45, 7) is 7.01. The van der Waals surface area contributed by atoms with Gasteiger partial charge >= 0.3 is 0 Å². The van der Waals surface area contributed by atoms with Crippen LogP contribution in [0.15, 0.2) is 6.20 Å². The third-order valence-electron chi connectivity index (χ3n) is 2.14. The maximum atomic E-state index is 4.41. The monoisotopic (exact) mass is 205 g/mol. The SMILES string of the molecule is CCNc1ncc2[nH]c(C(C)C)nc2n1. The van der Waals surface area contributed by atoms with Crippen LogP contribution in [0.3, 0.4) is 0 Å². The Balaban J connectivity index is 2.43. The standard InChI is InChI=1S/C10H15N5/c1-4-11-10-12-5-7-9(15-10)14-8(13-7)6(2)3/h5-6H,4H2,1-3H3,(H2,11,12,13,14,15). The number of aromatic amines is 1. The van der Waals surface area contributed by atoms with Gasteiger partial charge in [-0.1, -0.05) is 13.8 Å². The number of hydrogen-bond donors (Lipinski definition) is 2. The van der Waals surface area contributed by atoms with Gasteiger partial charge in [0.15, 0.2) is 5.65 Å². The van der Waals surface area contributed by atoms with Gasteiger partial charge in [-0.3, -0.25) is 0 Å². The van der Waals surface area contributed by atoms with Crippen molar-refractivity contribution >= 4 is 17.1 Å². The molecule has 80 valence electrons. The lowest BCUT2D eigenvalue weighted by atomic mass is 10.2. The Bertz CT molecular complexity index is 460. The summed E-state index contributed by atoms with van der Waals surface area (Å²) in [5.41, 5.74) is 1.62.